The van der Waals surface area contributed by atoms with Crippen molar-refractivity contribution >= 4 is 23.0 Å². The largest absolute Gasteiger partial charge is 0.397 e. The lowest BCUT2D eigenvalue weighted by Gasteiger charge is -2.36. The van der Waals surface area contributed by atoms with Crippen molar-refractivity contribution in [3.05, 3.63) is 42.2 Å². The zero-order chi connectivity index (χ0) is 18.1. The molecule has 1 amide bonds. The minimum Gasteiger partial charge on any atom is -0.397 e. The zero-order valence-corrected chi connectivity index (χ0v) is 15.4. The summed E-state index contributed by atoms with van der Waals surface area (Å²) in [6, 6.07) is 10.1. The number of amides is 1. The Balaban J connectivity index is 1.44. The molecule has 0 unspecified atom stereocenters. The second-order valence-corrected chi connectivity index (χ2v) is 7.22. The molecular formula is C20H27N5O. The van der Waals surface area contributed by atoms with Crippen molar-refractivity contribution in [3.63, 3.8) is 0 Å². The summed E-state index contributed by atoms with van der Waals surface area (Å²) in [5.74, 6) is 0.118. The Bertz CT molecular complexity index is 785. The number of benzene rings is 1. The maximum atomic E-state index is 12.7. The fraction of sp³-hybridized carbons (Fsp3) is 0.450. The van der Waals surface area contributed by atoms with Crippen molar-refractivity contribution < 1.29 is 4.79 Å². The smallest absolute Gasteiger partial charge is 0.270 e. The number of carbonyl (C=O) groups excluding carboxylic acids is 1. The number of nitrogens with two attached hydrogens (primary N) is 1. The van der Waals surface area contributed by atoms with Crippen molar-refractivity contribution in [3.8, 4) is 0 Å². The van der Waals surface area contributed by atoms with Gasteiger partial charge >= 0.3 is 0 Å². The first-order valence-electron chi connectivity index (χ1n) is 9.43. The lowest BCUT2D eigenvalue weighted by atomic mass is 10.2. The van der Waals surface area contributed by atoms with Gasteiger partial charge in [0.2, 0.25) is 0 Å². The van der Waals surface area contributed by atoms with E-state index < -0.39 is 0 Å². The van der Waals surface area contributed by atoms with Gasteiger partial charge in [-0.2, -0.15) is 0 Å². The number of hydrogen-bond donors (Lipinski definition) is 1. The van der Waals surface area contributed by atoms with Crippen LogP contribution in [-0.2, 0) is 7.05 Å². The number of nitrogens with zero attached hydrogens (tertiary/aromatic N) is 4. The average molecular weight is 353 g/mol. The van der Waals surface area contributed by atoms with Gasteiger partial charge in [-0.3, -0.25) is 4.79 Å². The van der Waals surface area contributed by atoms with Gasteiger partial charge in [-0.1, -0.05) is 0 Å². The molecule has 2 aliphatic rings. The quantitative estimate of drug-likeness (QED) is 0.859. The van der Waals surface area contributed by atoms with Crippen LogP contribution in [0.1, 0.15) is 23.3 Å². The van der Waals surface area contributed by atoms with Gasteiger partial charge < -0.3 is 25.0 Å². The summed E-state index contributed by atoms with van der Waals surface area (Å²) in [7, 11) is 1.91. The summed E-state index contributed by atoms with van der Waals surface area (Å²) >= 11 is 0. The standard InChI is InChI=1S/C20H27N5O/c1-22-8-4-5-18(22)20(26)25-13-11-23(12-14-25)16-6-7-17(21)19(15-16)24-9-2-3-10-24/h4-8,15H,2-3,9-14,21H2,1H3. The molecule has 2 aromatic rings. The molecule has 2 saturated heterocycles. The van der Waals surface area contributed by atoms with Crippen molar-refractivity contribution in [1.82, 2.24) is 9.47 Å². The number of carbonyl (C=O) groups is 1. The third-order valence-corrected chi connectivity index (χ3v) is 5.56. The third kappa shape index (κ3) is 3.11. The lowest BCUT2D eigenvalue weighted by molar-refractivity contribution is 0.0737. The summed E-state index contributed by atoms with van der Waals surface area (Å²) in [6.45, 7) is 5.36. The minimum absolute atomic E-state index is 0.118. The van der Waals surface area contributed by atoms with Crippen molar-refractivity contribution in [2.45, 2.75) is 12.8 Å². The first kappa shape index (κ1) is 16.8. The molecule has 0 spiro atoms. The third-order valence-electron chi connectivity index (χ3n) is 5.56. The molecule has 0 saturated carbocycles. The second-order valence-electron chi connectivity index (χ2n) is 7.22. The number of aromatic nitrogens is 1. The Morgan fingerprint density at radius 3 is 2.35 bits per heavy atom. The molecule has 0 atom stereocenters. The maximum absolute atomic E-state index is 12.7. The molecule has 1 aromatic carbocycles. The van der Waals surface area contributed by atoms with Gasteiger partial charge in [0.25, 0.3) is 5.91 Å². The molecule has 6 heteroatoms. The van der Waals surface area contributed by atoms with Gasteiger partial charge in [-0.15, -0.1) is 0 Å². The topological polar surface area (TPSA) is 57.7 Å². The van der Waals surface area contributed by atoms with Crippen molar-refractivity contribution in [1.29, 1.82) is 0 Å². The second kappa shape index (κ2) is 6.94. The first-order valence-corrected chi connectivity index (χ1v) is 9.43. The van der Waals surface area contributed by atoms with Crippen LogP contribution in [0.5, 0.6) is 0 Å². The Labute approximate surface area is 154 Å². The molecule has 2 N–H and O–H groups in total. The molecule has 138 valence electrons. The molecule has 2 aliphatic heterocycles. The fourth-order valence-corrected chi connectivity index (χ4v) is 3.97. The van der Waals surface area contributed by atoms with E-state index in [-0.39, 0.29) is 5.91 Å². The lowest BCUT2D eigenvalue weighted by Crippen LogP contribution is -2.49. The van der Waals surface area contributed by atoms with Crippen LogP contribution in [0.2, 0.25) is 0 Å². The van der Waals surface area contributed by atoms with Crippen molar-refractivity contribution in [2.75, 3.05) is 54.8 Å². The molecule has 6 nitrogen and oxygen atoms in total. The SMILES string of the molecule is Cn1cccc1C(=O)N1CCN(c2ccc(N)c(N3CCCC3)c2)CC1. The van der Waals surface area contributed by atoms with E-state index in [2.05, 4.69) is 21.9 Å². The zero-order valence-electron chi connectivity index (χ0n) is 15.4. The molecule has 3 heterocycles. The highest BCUT2D eigenvalue weighted by Gasteiger charge is 2.24. The van der Waals surface area contributed by atoms with E-state index >= 15 is 0 Å². The van der Waals surface area contributed by atoms with E-state index in [0.29, 0.717) is 0 Å². The molecule has 0 aliphatic carbocycles. The van der Waals surface area contributed by atoms with E-state index in [9.17, 15) is 4.79 Å². The van der Waals surface area contributed by atoms with E-state index in [1.54, 1.807) is 0 Å². The number of aryl methyl sites for hydroxylation is 1. The first-order chi connectivity index (χ1) is 12.6. The van der Waals surface area contributed by atoms with E-state index in [1.165, 1.54) is 18.5 Å². The van der Waals surface area contributed by atoms with Crippen LogP contribution < -0.4 is 15.5 Å². The summed E-state index contributed by atoms with van der Waals surface area (Å²) in [6.07, 6.45) is 4.39. The van der Waals surface area contributed by atoms with E-state index in [1.807, 2.05) is 40.9 Å². The Kier molecular flexibility index (Phi) is 4.49. The van der Waals surface area contributed by atoms with E-state index in [4.69, 9.17) is 5.73 Å². The molecular weight excluding hydrogens is 326 g/mol. The Morgan fingerprint density at radius 2 is 1.69 bits per heavy atom. The highest BCUT2D eigenvalue weighted by Crippen LogP contribution is 2.31. The molecule has 0 radical (unpaired) electrons. The van der Waals surface area contributed by atoms with Gasteiger partial charge in [0.1, 0.15) is 5.69 Å². The van der Waals surface area contributed by atoms with Gasteiger partial charge in [0.15, 0.2) is 0 Å². The Hall–Kier alpha value is -2.63. The van der Waals surface area contributed by atoms with E-state index in [0.717, 1.165) is 56.3 Å². The van der Waals surface area contributed by atoms with Crippen LogP contribution in [0.25, 0.3) is 0 Å². The predicted molar refractivity (Wildman–Crippen MR) is 106 cm³/mol. The van der Waals surface area contributed by atoms with Gasteiger partial charge in [-0.05, 0) is 43.2 Å². The summed E-state index contributed by atoms with van der Waals surface area (Å²) in [4.78, 5) is 19.3. The van der Waals surface area contributed by atoms with Gasteiger partial charge in [0, 0.05) is 58.2 Å². The average Bonchev–Trinajstić information content (AvgIpc) is 3.33. The van der Waals surface area contributed by atoms with Crippen LogP contribution in [0.3, 0.4) is 0 Å². The van der Waals surface area contributed by atoms with Crippen LogP contribution in [0, 0.1) is 0 Å². The van der Waals surface area contributed by atoms with Crippen molar-refractivity contribution in [2.24, 2.45) is 7.05 Å². The number of hydrogen-bond acceptors (Lipinski definition) is 4. The summed E-state index contributed by atoms with van der Waals surface area (Å²) in [5.41, 5.74) is 10.2. The van der Waals surface area contributed by atoms with Gasteiger partial charge in [-0.25, -0.2) is 0 Å². The van der Waals surface area contributed by atoms with Crippen LogP contribution >= 0.6 is 0 Å². The van der Waals surface area contributed by atoms with Crippen LogP contribution in [0.4, 0.5) is 17.1 Å². The molecule has 1 aromatic heterocycles. The predicted octanol–water partition coefficient (Wildman–Crippen LogP) is 2.17. The summed E-state index contributed by atoms with van der Waals surface area (Å²) in [5, 5.41) is 0. The minimum atomic E-state index is 0.118. The number of nitrogen functional groups attached to an aromatic ring is 1. The molecule has 26 heavy (non-hydrogen) atoms. The maximum Gasteiger partial charge on any atom is 0.270 e. The van der Waals surface area contributed by atoms with Crippen LogP contribution in [-0.4, -0.2) is 54.6 Å². The molecule has 0 bridgehead atoms. The molecule has 2 fully saturated rings. The number of rotatable bonds is 3. The fourth-order valence-electron chi connectivity index (χ4n) is 3.97. The van der Waals surface area contributed by atoms with Crippen LogP contribution in [0.15, 0.2) is 36.5 Å². The highest BCUT2D eigenvalue weighted by molar-refractivity contribution is 5.93. The number of piperazine rings is 1. The summed E-state index contributed by atoms with van der Waals surface area (Å²) < 4.78 is 1.89. The monoisotopic (exact) mass is 353 g/mol. The normalized spacial score (nSPS) is 17.8. The Morgan fingerprint density at radius 1 is 0.962 bits per heavy atom. The molecule has 4 rings (SSSR count). The van der Waals surface area contributed by atoms with Gasteiger partial charge in [0.05, 0.1) is 11.4 Å². The number of anilines is 3. The highest BCUT2D eigenvalue weighted by atomic mass is 16.2.